The lowest BCUT2D eigenvalue weighted by atomic mass is 9.83. The highest BCUT2D eigenvalue weighted by Crippen LogP contribution is 2.53. The van der Waals surface area contributed by atoms with Crippen molar-refractivity contribution in [2.45, 2.75) is 39.4 Å². The Morgan fingerprint density at radius 3 is 2.24 bits per heavy atom. The molecule has 0 aliphatic carbocycles. The number of amides is 2. The summed E-state index contributed by atoms with van der Waals surface area (Å²) in [6.07, 6.45) is 0. The highest BCUT2D eigenvalue weighted by Gasteiger charge is 2.65. The summed E-state index contributed by atoms with van der Waals surface area (Å²) >= 11 is 0. The number of rotatable bonds is 4. The molecule has 0 N–H and O–H groups in total. The molecular weight excluding hydrogens is 531 g/mol. The second-order valence-corrected chi connectivity index (χ2v) is 11.1. The zero-order chi connectivity index (χ0) is 29.3. The van der Waals surface area contributed by atoms with Crippen LogP contribution in [0, 0.1) is 26.6 Å². The van der Waals surface area contributed by atoms with Crippen LogP contribution in [0.5, 0.6) is 0 Å². The first-order valence-corrected chi connectivity index (χ1v) is 13.8. The normalized spacial score (nSPS) is 17.4. The zero-order valence-corrected chi connectivity index (χ0v) is 23.4. The molecule has 208 valence electrons. The number of carbonyl (C=O) groups is 2. The maximum Gasteiger partial charge on any atom is 0.291 e. The van der Waals surface area contributed by atoms with Crippen molar-refractivity contribution in [1.82, 2.24) is 4.90 Å². The average Bonchev–Trinajstić information content (AvgIpc) is 3.37. The summed E-state index contributed by atoms with van der Waals surface area (Å²) in [7, 11) is 0. The van der Waals surface area contributed by atoms with Crippen molar-refractivity contribution in [2.75, 3.05) is 4.90 Å². The quantitative estimate of drug-likeness (QED) is 0.260. The summed E-state index contributed by atoms with van der Waals surface area (Å²) in [6, 6.07) is 24.4. The van der Waals surface area contributed by atoms with Gasteiger partial charge in [-0.1, -0.05) is 54.6 Å². The van der Waals surface area contributed by atoms with Crippen LogP contribution in [0.3, 0.4) is 0 Å². The van der Waals surface area contributed by atoms with Crippen LogP contribution in [0.4, 0.5) is 10.1 Å². The number of carbonyl (C=O) groups excluding carboxylic acids is 2. The summed E-state index contributed by atoms with van der Waals surface area (Å²) in [5.41, 5.74) is 3.70. The molecule has 1 aromatic heterocycles. The number of para-hydroxylation sites is 1. The summed E-state index contributed by atoms with van der Waals surface area (Å²) in [5, 5.41) is 0.315. The van der Waals surface area contributed by atoms with Crippen molar-refractivity contribution in [3.05, 3.63) is 146 Å². The summed E-state index contributed by atoms with van der Waals surface area (Å²) < 4.78 is 20.0. The van der Waals surface area contributed by atoms with E-state index < -0.39 is 28.6 Å². The molecular formula is C35H27FN2O4. The monoisotopic (exact) mass is 558 g/mol. The highest BCUT2D eigenvalue weighted by atomic mass is 19.1. The third-order valence-electron chi connectivity index (χ3n) is 8.70. The van der Waals surface area contributed by atoms with E-state index in [9.17, 15) is 18.8 Å². The first-order chi connectivity index (χ1) is 20.2. The second-order valence-electron chi connectivity index (χ2n) is 11.1. The molecule has 1 spiro atoms. The van der Waals surface area contributed by atoms with Gasteiger partial charge in [0, 0.05) is 12.1 Å². The fraction of sp³-hybridized carbons (Fsp3) is 0.171. The number of fused-ring (bicyclic) bond motifs is 5. The Balaban J connectivity index is 1.52. The smallest absolute Gasteiger partial charge is 0.291 e. The molecule has 0 fully saturated rings. The van der Waals surface area contributed by atoms with E-state index in [1.165, 1.54) is 17.0 Å². The van der Waals surface area contributed by atoms with Crippen LogP contribution in [0.15, 0.2) is 94.1 Å². The molecule has 7 rings (SSSR count). The van der Waals surface area contributed by atoms with Crippen molar-refractivity contribution in [3.8, 4) is 0 Å². The van der Waals surface area contributed by atoms with Crippen molar-refractivity contribution in [2.24, 2.45) is 0 Å². The molecule has 42 heavy (non-hydrogen) atoms. The number of nitrogens with zero attached hydrogens (tertiary/aromatic N) is 2. The Morgan fingerprint density at radius 2 is 1.48 bits per heavy atom. The molecule has 7 heteroatoms. The maximum atomic E-state index is 15.0. The molecule has 2 aliphatic heterocycles. The summed E-state index contributed by atoms with van der Waals surface area (Å²) in [4.78, 5) is 46.8. The standard InChI is InChI=1S/C35H27FN2O4/c1-20-8-4-5-9-24(20)19-37-28-11-7-6-10-27(28)35(34(37)41)30-31(39)26-16-21(2)22(3)17-29(26)42-32(30)33(40)38(35)18-23-12-14-25(36)15-13-23/h4-17H,18-19H2,1-3H3. The van der Waals surface area contributed by atoms with Crippen LogP contribution in [-0.4, -0.2) is 16.7 Å². The van der Waals surface area contributed by atoms with Crippen LogP contribution >= 0.6 is 0 Å². The lowest BCUT2D eigenvalue weighted by Gasteiger charge is -2.34. The van der Waals surface area contributed by atoms with E-state index in [1.807, 2.05) is 57.2 Å². The first kappa shape index (κ1) is 25.9. The Morgan fingerprint density at radius 1 is 0.786 bits per heavy atom. The topological polar surface area (TPSA) is 70.8 Å². The minimum Gasteiger partial charge on any atom is -0.450 e. The number of hydrogen-bond donors (Lipinski definition) is 0. The van der Waals surface area contributed by atoms with E-state index in [0.717, 1.165) is 22.3 Å². The summed E-state index contributed by atoms with van der Waals surface area (Å²) in [6.45, 7) is 6.03. The van der Waals surface area contributed by atoms with E-state index in [0.29, 0.717) is 27.8 Å². The number of anilines is 1. The van der Waals surface area contributed by atoms with Gasteiger partial charge in [-0.3, -0.25) is 14.4 Å². The van der Waals surface area contributed by atoms with Gasteiger partial charge in [0.25, 0.3) is 11.8 Å². The Hall–Kier alpha value is -5.04. The molecule has 2 aliphatic rings. The predicted molar refractivity (Wildman–Crippen MR) is 158 cm³/mol. The third-order valence-corrected chi connectivity index (χ3v) is 8.70. The molecule has 1 unspecified atom stereocenters. The molecule has 0 saturated carbocycles. The maximum absolute atomic E-state index is 15.0. The lowest BCUT2D eigenvalue weighted by molar-refractivity contribution is -0.126. The van der Waals surface area contributed by atoms with E-state index in [4.69, 9.17) is 4.42 Å². The van der Waals surface area contributed by atoms with Gasteiger partial charge in [0.2, 0.25) is 5.76 Å². The lowest BCUT2D eigenvalue weighted by Crippen LogP contribution is -2.53. The van der Waals surface area contributed by atoms with Crippen LogP contribution in [-0.2, 0) is 23.4 Å². The number of aryl methyl sites for hydroxylation is 3. The van der Waals surface area contributed by atoms with Crippen LogP contribution in [0.25, 0.3) is 11.0 Å². The van der Waals surface area contributed by atoms with Crippen LogP contribution < -0.4 is 10.3 Å². The van der Waals surface area contributed by atoms with Gasteiger partial charge in [-0.25, -0.2) is 4.39 Å². The largest absolute Gasteiger partial charge is 0.450 e. The van der Waals surface area contributed by atoms with Gasteiger partial charge < -0.3 is 14.2 Å². The molecule has 1 atom stereocenters. The number of halogens is 1. The van der Waals surface area contributed by atoms with Crippen molar-refractivity contribution < 1.29 is 18.4 Å². The second kappa shape index (κ2) is 9.24. The van der Waals surface area contributed by atoms with E-state index in [2.05, 4.69) is 0 Å². The molecule has 2 amide bonds. The molecule has 0 saturated heterocycles. The highest BCUT2D eigenvalue weighted by molar-refractivity contribution is 6.17. The van der Waals surface area contributed by atoms with Crippen molar-refractivity contribution >= 4 is 28.5 Å². The van der Waals surface area contributed by atoms with Gasteiger partial charge in [-0.05, 0) is 78.9 Å². The van der Waals surface area contributed by atoms with Gasteiger partial charge in [-0.15, -0.1) is 0 Å². The van der Waals surface area contributed by atoms with E-state index in [-0.39, 0.29) is 24.4 Å². The summed E-state index contributed by atoms with van der Waals surface area (Å²) in [5.74, 6) is -1.52. The molecule has 6 nitrogen and oxygen atoms in total. The van der Waals surface area contributed by atoms with Gasteiger partial charge in [0.05, 0.1) is 23.2 Å². The van der Waals surface area contributed by atoms with Crippen LogP contribution in [0.1, 0.15) is 49.5 Å². The molecule has 5 aromatic rings. The predicted octanol–water partition coefficient (Wildman–Crippen LogP) is 6.30. The minimum absolute atomic E-state index is 0.0232. The molecule has 4 aromatic carbocycles. The Bertz CT molecular complexity index is 2010. The van der Waals surface area contributed by atoms with Gasteiger partial charge in [0.1, 0.15) is 11.4 Å². The number of benzene rings is 4. The minimum atomic E-state index is -1.76. The SMILES string of the molecule is Cc1cc2oc3c(c(=O)c2cc1C)C1(C(=O)N(Cc2ccccc2C)c2ccccc21)N(Cc1ccc(F)cc1)C3=O. The Labute approximate surface area is 241 Å². The third kappa shape index (κ3) is 3.52. The van der Waals surface area contributed by atoms with Crippen LogP contribution in [0.2, 0.25) is 0 Å². The van der Waals surface area contributed by atoms with Gasteiger partial charge >= 0.3 is 0 Å². The molecule has 0 radical (unpaired) electrons. The fourth-order valence-electron chi connectivity index (χ4n) is 6.35. The average molecular weight is 559 g/mol. The molecule has 0 bridgehead atoms. The number of hydrogen-bond acceptors (Lipinski definition) is 4. The fourth-order valence-corrected chi connectivity index (χ4v) is 6.35. The van der Waals surface area contributed by atoms with E-state index >= 15 is 0 Å². The zero-order valence-electron chi connectivity index (χ0n) is 23.4. The molecule has 3 heterocycles. The Kier molecular flexibility index (Phi) is 5.70. The van der Waals surface area contributed by atoms with Gasteiger partial charge in [-0.2, -0.15) is 0 Å². The van der Waals surface area contributed by atoms with Crippen molar-refractivity contribution in [1.29, 1.82) is 0 Å². The first-order valence-electron chi connectivity index (χ1n) is 13.8. The van der Waals surface area contributed by atoms with Crippen molar-refractivity contribution in [3.63, 3.8) is 0 Å². The van der Waals surface area contributed by atoms with Gasteiger partial charge in [0.15, 0.2) is 11.0 Å². The van der Waals surface area contributed by atoms with E-state index in [1.54, 1.807) is 41.3 Å².